The highest BCUT2D eigenvalue weighted by Crippen LogP contribution is 2.22. The Morgan fingerprint density at radius 3 is 3.08 bits per heavy atom. The van der Waals surface area contributed by atoms with Crippen molar-refractivity contribution in [3.8, 4) is 0 Å². The standard InChI is InChI=1S/C9H5N3S/c1-2-8-9(12-13-11-8)7-5-10-4-3-6(1)7/h1-5H. The van der Waals surface area contributed by atoms with Gasteiger partial charge in [-0.25, -0.2) is 0 Å². The van der Waals surface area contributed by atoms with Crippen molar-refractivity contribution in [2.75, 3.05) is 0 Å². The van der Waals surface area contributed by atoms with Gasteiger partial charge < -0.3 is 0 Å². The number of benzene rings is 1. The predicted molar refractivity (Wildman–Crippen MR) is 52.7 cm³/mol. The Morgan fingerprint density at radius 1 is 1.08 bits per heavy atom. The Kier molecular flexibility index (Phi) is 1.31. The van der Waals surface area contributed by atoms with Crippen molar-refractivity contribution in [2.45, 2.75) is 0 Å². The number of nitrogens with zero attached hydrogens (tertiary/aromatic N) is 3. The van der Waals surface area contributed by atoms with Crippen LogP contribution in [0, 0.1) is 0 Å². The molecule has 2 aromatic heterocycles. The molecule has 0 saturated heterocycles. The third-order valence-corrected chi connectivity index (χ3v) is 2.59. The quantitative estimate of drug-likeness (QED) is 0.541. The summed E-state index contributed by atoms with van der Waals surface area (Å²) < 4.78 is 8.41. The molecule has 3 aromatic rings. The van der Waals surface area contributed by atoms with Crippen LogP contribution in [0.2, 0.25) is 0 Å². The Balaban J connectivity index is 2.65. The van der Waals surface area contributed by atoms with Crippen LogP contribution < -0.4 is 0 Å². The van der Waals surface area contributed by atoms with E-state index in [1.165, 1.54) is 11.7 Å². The highest BCUT2D eigenvalue weighted by molar-refractivity contribution is 7.00. The lowest BCUT2D eigenvalue weighted by Crippen LogP contribution is -1.77. The fourth-order valence-corrected chi connectivity index (χ4v) is 1.96. The molecule has 4 heteroatoms. The molecule has 0 atom stereocenters. The van der Waals surface area contributed by atoms with Crippen LogP contribution in [-0.4, -0.2) is 13.7 Å². The molecule has 0 radical (unpaired) electrons. The van der Waals surface area contributed by atoms with Crippen molar-refractivity contribution in [3.05, 3.63) is 30.6 Å². The van der Waals surface area contributed by atoms with E-state index in [0.29, 0.717) is 0 Å². The van der Waals surface area contributed by atoms with Crippen LogP contribution in [0.5, 0.6) is 0 Å². The molecule has 0 aliphatic carbocycles. The van der Waals surface area contributed by atoms with Crippen molar-refractivity contribution in [1.82, 2.24) is 13.7 Å². The third kappa shape index (κ3) is 0.922. The summed E-state index contributed by atoms with van der Waals surface area (Å²) >= 11 is 1.24. The Morgan fingerprint density at radius 2 is 2.08 bits per heavy atom. The molecule has 1 aromatic carbocycles. The summed E-state index contributed by atoms with van der Waals surface area (Å²) in [6.07, 6.45) is 3.62. The van der Waals surface area contributed by atoms with E-state index >= 15 is 0 Å². The van der Waals surface area contributed by atoms with Gasteiger partial charge in [-0.05, 0) is 17.5 Å². The minimum Gasteiger partial charge on any atom is -0.264 e. The molecule has 3 rings (SSSR count). The Bertz CT molecular complexity index is 573. The van der Waals surface area contributed by atoms with Crippen LogP contribution in [-0.2, 0) is 0 Å². The first-order chi connectivity index (χ1) is 6.45. The number of pyridine rings is 1. The molecule has 0 aliphatic rings. The zero-order chi connectivity index (χ0) is 8.67. The van der Waals surface area contributed by atoms with Crippen molar-refractivity contribution < 1.29 is 0 Å². The molecule has 0 bridgehead atoms. The highest BCUT2D eigenvalue weighted by Gasteiger charge is 2.02. The molecule has 0 N–H and O–H groups in total. The van der Waals surface area contributed by atoms with Gasteiger partial charge in [0.25, 0.3) is 0 Å². The summed E-state index contributed by atoms with van der Waals surface area (Å²) in [4.78, 5) is 4.08. The third-order valence-electron chi connectivity index (χ3n) is 2.04. The average molecular weight is 187 g/mol. The molecule has 0 aliphatic heterocycles. The topological polar surface area (TPSA) is 38.7 Å². The van der Waals surface area contributed by atoms with Crippen molar-refractivity contribution in [1.29, 1.82) is 0 Å². The van der Waals surface area contributed by atoms with Gasteiger partial charge in [0.15, 0.2) is 0 Å². The Hall–Kier alpha value is -1.55. The maximum Gasteiger partial charge on any atom is 0.114 e. The van der Waals surface area contributed by atoms with Gasteiger partial charge in [0.05, 0.1) is 11.7 Å². The van der Waals surface area contributed by atoms with E-state index < -0.39 is 0 Å². The predicted octanol–water partition coefficient (Wildman–Crippen LogP) is 2.24. The molecular formula is C9H5N3S. The van der Waals surface area contributed by atoms with Crippen molar-refractivity contribution >= 4 is 33.5 Å². The van der Waals surface area contributed by atoms with Crippen LogP contribution in [0.15, 0.2) is 30.6 Å². The van der Waals surface area contributed by atoms with E-state index in [2.05, 4.69) is 13.7 Å². The first kappa shape index (κ1) is 6.91. The number of hydrogen-bond acceptors (Lipinski definition) is 4. The van der Waals surface area contributed by atoms with Crippen LogP contribution in [0.1, 0.15) is 0 Å². The molecule has 3 nitrogen and oxygen atoms in total. The van der Waals surface area contributed by atoms with Crippen molar-refractivity contribution in [3.63, 3.8) is 0 Å². The number of hydrogen-bond donors (Lipinski definition) is 0. The van der Waals surface area contributed by atoms with Crippen LogP contribution in [0.3, 0.4) is 0 Å². The molecule has 2 heterocycles. The molecule has 62 valence electrons. The summed E-state index contributed by atoms with van der Waals surface area (Å²) in [6.45, 7) is 0. The van der Waals surface area contributed by atoms with Crippen LogP contribution in [0.4, 0.5) is 0 Å². The normalized spacial score (nSPS) is 11.1. The van der Waals surface area contributed by atoms with Gasteiger partial charge in [-0.1, -0.05) is 6.07 Å². The minimum absolute atomic E-state index is 0.950. The molecule has 13 heavy (non-hydrogen) atoms. The van der Waals surface area contributed by atoms with Gasteiger partial charge >= 0.3 is 0 Å². The van der Waals surface area contributed by atoms with E-state index in [0.717, 1.165) is 21.8 Å². The summed E-state index contributed by atoms with van der Waals surface area (Å²) in [6, 6.07) is 6.01. The van der Waals surface area contributed by atoms with Gasteiger partial charge in [-0.3, -0.25) is 4.98 Å². The Labute approximate surface area is 78.4 Å². The van der Waals surface area contributed by atoms with E-state index in [-0.39, 0.29) is 0 Å². The number of aromatic nitrogens is 3. The summed E-state index contributed by atoms with van der Waals surface area (Å²) in [5, 5.41) is 2.24. The smallest absolute Gasteiger partial charge is 0.114 e. The molecule has 0 spiro atoms. The SMILES string of the molecule is c1cc2ccc3nsnc3c2cn1. The lowest BCUT2D eigenvalue weighted by Gasteiger charge is -1.94. The van der Waals surface area contributed by atoms with Crippen molar-refractivity contribution in [2.24, 2.45) is 0 Å². The largest absolute Gasteiger partial charge is 0.264 e. The highest BCUT2D eigenvalue weighted by atomic mass is 32.1. The van der Waals surface area contributed by atoms with Gasteiger partial charge in [0, 0.05) is 17.8 Å². The maximum atomic E-state index is 4.24. The van der Waals surface area contributed by atoms with E-state index in [4.69, 9.17) is 0 Å². The number of rotatable bonds is 0. The van der Waals surface area contributed by atoms with Gasteiger partial charge in [0.1, 0.15) is 11.0 Å². The molecular weight excluding hydrogens is 182 g/mol. The molecule has 0 amide bonds. The fourth-order valence-electron chi connectivity index (χ4n) is 1.41. The second kappa shape index (κ2) is 2.47. The van der Waals surface area contributed by atoms with Crippen LogP contribution >= 0.6 is 11.7 Å². The second-order valence-corrected chi connectivity index (χ2v) is 3.32. The lowest BCUT2D eigenvalue weighted by molar-refractivity contribution is 1.37. The summed E-state index contributed by atoms with van der Waals surface area (Å²) in [5.41, 5.74) is 1.90. The zero-order valence-electron chi connectivity index (χ0n) is 6.64. The molecule has 0 saturated carbocycles. The monoisotopic (exact) mass is 187 g/mol. The van der Waals surface area contributed by atoms with E-state index in [1.807, 2.05) is 24.4 Å². The minimum atomic E-state index is 0.950. The zero-order valence-corrected chi connectivity index (χ0v) is 7.45. The summed E-state index contributed by atoms with van der Waals surface area (Å²) in [7, 11) is 0. The summed E-state index contributed by atoms with van der Waals surface area (Å²) in [5.74, 6) is 0. The second-order valence-electron chi connectivity index (χ2n) is 2.79. The van der Waals surface area contributed by atoms with Gasteiger partial charge in [-0.2, -0.15) is 8.75 Å². The fraction of sp³-hybridized carbons (Fsp3) is 0. The maximum absolute atomic E-state index is 4.24. The average Bonchev–Trinajstić information content (AvgIpc) is 2.65. The first-order valence-electron chi connectivity index (χ1n) is 3.90. The van der Waals surface area contributed by atoms with E-state index in [1.54, 1.807) is 6.20 Å². The van der Waals surface area contributed by atoms with Crippen LogP contribution in [0.25, 0.3) is 21.8 Å². The van der Waals surface area contributed by atoms with Gasteiger partial charge in [0.2, 0.25) is 0 Å². The molecule has 0 unspecified atom stereocenters. The lowest BCUT2D eigenvalue weighted by atomic mass is 10.1. The number of fused-ring (bicyclic) bond motifs is 3. The van der Waals surface area contributed by atoms with Gasteiger partial charge in [-0.15, -0.1) is 0 Å². The first-order valence-corrected chi connectivity index (χ1v) is 4.63. The molecule has 0 fully saturated rings. The van der Waals surface area contributed by atoms with E-state index in [9.17, 15) is 0 Å².